The second kappa shape index (κ2) is 6.60. The first-order chi connectivity index (χ1) is 11.1. The Kier molecular flexibility index (Phi) is 4.37. The summed E-state index contributed by atoms with van der Waals surface area (Å²) in [5.41, 5.74) is 2.84. The summed E-state index contributed by atoms with van der Waals surface area (Å²) in [7, 11) is 1.98. The predicted molar refractivity (Wildman–Crippen MR) is 87.5 cm³/mol. The molecule has 0 radical (unpaired) electrons. The maximum Gasteiger partial charge on any atom is 0.224 e. The van der Waals surface area contributed by atoms with Crippen molar-refractivity contribution in [3.63, 3.8) is 0 Å². The summed E-state index contributed by atoms with van der Waals surface area (Å²) in [6.45, 7) is 0.525. The molecule has 118 valence electrons. The number of fused-ring (bicyclic) bond motifs is 1. The number of aromatic nitrogens is 2. The minimum absolute atomic E-state index is 0.0737. The van der Waals surface area contributed by atoms with Crippen molar-refractivity contribution in [3.8, 4) is 0 Å². The molecule has 0 aliphatic carbocycles. The van der Waals surface area contributed by atoms with Crippen molar-refractivity contribution in [1.29, 1.82) is 0 Å². The van der Waals surface area contributed by atoms with Gasteiger partial charge < -0.3 is 9.88 Å². The molecular formula is C18H18FN3O. The lowest BCUT2D eigenvalue weighted by Gasteiger charge is -2.06. The number of aryl methyl sites for hydroxylation is 1. The second-order valence-electron chi connectivity index (χ2n) is 5.48. The van der Waals surface area contributed by atoms with E-state index in [9.17, 15) is 9.18 Å². The van der Waals surface area contributed by atoms with Crippen molar-refractivity contribution in [2.24, 2.45) is 7.05 Å². The van der Waals surface area contributed by atoms with Crippen LogP contribution in [-0.4, -0.2) is 22.0 Å². The normalized spacial score (nSPS) is 10.9. The fourth-order valence-electron chi connectivity index (χ4n) is 2.58. The van der Waals surface area contributed by atoms with E-state index < -0.39 is 0 Å². The van der Waals surface area contributed by atoms with Gasteiger partial charge in [0.2, 0.25) is 5.91 Å². The fourth-order valence-corrected chi connectivity index (χ4v) is 2.58. The highest BCUT2D eigenvalue weighted by molar-refractivity contribution is 5.78. The maximum absolute atomic E-state index is 12.8. The third-order valence-electron chi connectivity index (χ3n) is 3.83. The molecule has 0 spiro atoms. The van der Waals surface area contributed by atoms with E-state index in [1.807, 2.05) is 35.9 Å². The van der Waals surface area contributed by atoms with Crippen LogP contribution in [0.3, 0.4) is 0 Å². The number of amides is 1. The Morgan fingerprint density at radius 3 is 2.65 bits per heavy atom. The second-order valence-corrected chi connectivity index (χ2v) is 5.48. The quantitative estimate of drug-likeness (QED) is 0.787. The molecule has 5 heteroatoms. The molecule has 2 aromatic carbocycles. The summed E-state index contributed by atoms with van der Waals surface area (Å²) in [6, 6.07) is 13.9. The molecule has 1 heterocycles. The van der Waals surface area contributed by atoms with Gasteiger partial charge in [-0.3, -0.25) is 4.79 Å². The summed E-state index contributed by atoms with van der Waals surface area (Å²) in [5, 5.41) is 2.88. The maximum atomic E-state index is 12.8. The number of hydrogen-bond acceptors (Lipinski definition) is 2. The van der Waals surface area contributed by atoms with Gasteiger partial charge in [0.1, 0.15) is 11.6 Å². The van der Waals surface area contributed by atoms with Crippen LogP contribution in [0.1, 0.15) is 11.4 Å². The minimum atomic E-state index is -0.295. The Bertz CT molecular complexity index is 824. The predicted octanol–water partition coefficient (Wildman–Crippen LogP) is 2.61. The van der Waals surface area contributed by atoms with Crippen LogP contribution in [0.4, 0.5) is 4.39 Å². The molecule has 0 aliphatic rings. The summed E-state index contributed by atoms with van der Waals surface area (Å²) >= 11 is 0. The molecule has 0 bridgehead atoms. The Balaban J connectivity index is 1.55. The van der Waals surface area contributed by atoms with Crippen LogP contribution in [0.5, 0.6) is 0 Å². The van der Waals surface area contributed by atoms with Crippen molar-refractivity contribution in [3.05, 3.63) is 65.7 Å². The van der Waals surface area contributed by atoms with Crippen molar-refractivity contribution in [1.82, 2.24) is 14.9 Å². The standard InChI is InChI=1S/C18H18FN3O/c1-22-16-5-3-2-4-15(16)21-17(22)10-11-20-18(23)12-13-6-8-14(19)9-7-13/h2-9H,10-12H2,1H3,(H,20,23). The first-order valence-corrected chi connectivity index (χ1v) is 7.55. The Morgan fingerprint density at radius 2 is 1.91 bits per heavy atom. The lowest BCUT2D eigenvalue weighted by Crippen LogP contribution is -2.27. The molecule has 4 nitrogen and oxygen atoms in total. The molecule has 3 aromatic rings. The SMILES string of the molecule is Cn1c(CCNC(=O)Cc2ccc(F)cc2)nc2ccccc21. The number of imidazole rings is 1. The van der Waals surface area contributed by atoms with Gasteiger partial charge in [-0.1, -0.05) is 24.3 Å². The van der Waals surface area contributed by atoms with E-state index in [1.165, 1.54) is 12.1 Å². The van der Waals surface area contributed by atoms with E-state index in [4.69, 9.17) is 0 Å². The molecule has 0 saturated heterocycles. The van der Waals surface area contributed by atoms with E-state index in [0.717, 1.165) is 22.4 Å². The highest BCUT2D eigenvalue weighted by Gasteiger charge is 2.08. The Morgan fingerprint density at radius 1 is 1.17 bits per heavy atom. The lowest BCUT2D eigenvalue weighted by atomic mass is 10.1. The summed E-state index contributed by atoms with van der Waals surface area (Å²) < 4.78 is 14.9. The third kappa shape index (κ3) is 3.56. The minimum Gasteiger partial charge on any atom is -0.355 e. The lowest BCUT2D eigenvalue weighted by molar-refractivity contribution is -0.120. The van der Waals surface area contributed by atoms with Crippen molar-refractivity contribution < 1.29 is 9.18 Å². The molecule has 0 unspecified atom stereocenters. The zero-order valence-electron chi connectivity index (χ0n) is 12.9. The molecule has 1 N–H and O–H groups in total. The van der Waals surface area contributed by atoms with Gasteiger partial charge in [0.15, 0.2) is 0 Å². The molecule has 3 rings (SSSR count). The van der Waals surface area contributed by atoms with Gasteiger partial charge in [-0.2, -0.15) is 0 Å². The van der Waals surface area contributed by atoms with Gasteiger partial charge >= 0.3 is 0 Å². The molecule has 0 fully saturated rings. The van der Waals surface area contributed by atoms with E-state index in [2.05, 4.69) is 10.3 Å². The average molecular weight is 311 g/mol. The van der Waals surface area contributed by atoms with Crippen molar-refractivity contribution in [2.45, 2.75) is 12.8 Å². The van der Waals surface area contributed by atoms with E-state index in [1.54, 1.807) is 12.1 Å². The summed E-state index contributed by atoms with van der Waals surface area (Å²) in [4.78, 5) is 16.5. The van der Waals surface area contributed by atoms with Crippen LogP contribution < -0.4 is 5.32 Å². The van der Waals surface area contributed by atoms with Gasteiger partial charge in [-0.15, -0.1) is 0 Å². The van der Waals surface area contributed by atoms with Crippen molar-refractivity contribution >= 4 is 16.9 Å². The summed E-state index contributed by atoms with van der Waals surface area (Å²) in [6.07, 6.45) is 0.920. The molecule has 0 aliphatic heterocycles. The van der Waals surface area contributed by atoms with Crippen LogP contribution >= 0.6 is 0 Å². The molecule has 1 aromatic heterocycles. The molecule has 1 amide bonds. The number of nitrogens with one attached hydrogen (secondary N) is 1. The third-order valence-corrected chi connectivity index (χ3v) is 3.83. The van der Waals surface area contributed by atoms with Crippen LogP contribution in [0.2, 0.25) is 0 Å². The first kappa shape index (κ1) is 15.2. The number of para-hydroxylation sites is 2. The zero-order valence-corrected chi connectivity index (χ0v) is 12.9. The number of benzene rings is 2. The van der Waals surface area contributed by atoms with Gasteiger partial charge in [-0.25, -0.2) is 9.37 Å². The van der Waals surface area contributed by atoms with E-state index >= 15 is 0 Å². The Hall–Kier alpha value is -2.69. The smallest absolute Gasteiger partial charge is 0.224 e. The highest BCUT2D eigenvalue weighted by atomic mass is 19.1. The van der Waals surface area contributed by atoms with Crippen LogP contribution in [0.15, 0.2) is 48.5 Å². The van der Waals surface area contributed by atoms with Crippen molar-refractivity contribution in [2.75, 3.05) is 6.54 Å². The topological polar surface area (TPSA) is 46.9 Å². The van der Waals surface area contributed by atoms with Crippen LogP contribution in [0.25, 0.3) is 11.0 Å². The number of rotatable bonds is 5. The molecule has 0 atom stereocenters. The number of hydrogen-bond donors (Lipinski definition) is 1. The fraction of sp³-hybridized carbons (Fsp3) is 0.222. The van der Waals surface area contributed by atoms with Crippen LogP contribution in [0, 0.1) is 5.82 Å². The first-order valence-electron chi connectivity index (χ1n) is 7.55. The largest absolute Gasteiger partial charge is 0.355 e. The molecule has 0 saturated carbocycles. The number of nitrogens with zero attached hydrogens (tertiary/aromatic N) is 2. The van der Waals surface area contributed by atoms with Gasteiger partial charge in [0, 0.05) is 20.0 Å². The number of carbonyl (C=O) groups excluding carboxylic acids is 1. The Labute approximate surface area is 134 Å². The number of halogens is 1. The summed E-state index contributed by atoms with van der Waals surface area (Å²) in [5.74, 6) is 0.569. The molecular weight excluding hydrogens is 293 g/mol. The van der Waals surface area contributed by atoms with Gasteiger partial charge in [0.05, 0.1) is 17.5 Å². The average Bonchev–Trinajstić information content (AvgIpc) is 2.86. The van der Waals surface area contributed by atoms with Crippen LogP contribution in [-0.2, 0) is 24.7 Å². The molecule has 23 heavy (non-hydrogen) atoms. The zero-order chi connectivity index (χ0) is 16.2. The van der Waals surface area contributed by atoms with Gasteiger partial charge in [0.25, 0.3) is 0 Å². The van der Waals surface area contributed by atoms with E-state index in [0.29, 0.717) is 13.0 Å². The van der Waals surface area contributed by atoms with Gasteiger partial charge in [-0.05, 0) is 29.8 Å². The number of carbonyl (C=O) groups is 1. The highest BCUT2D eigenvalue weighted by Crippen LogP contribution is 2.14. The monoisotopic (exact) mass is 311 g/mol. The van der Waals surface area contributed by atoms with E-state index in [-0.39, 0.29) is 18.1 Å².